The Morgan fingerprint density at radius 3 is 2.91 bits per heavy atom. The Balaban J connectivity index is 3.16. The van der Waals surface area contributed by atoms with Crippen molar-refractivity contribution in [2.24, 2.45) is 5.10 Å². The van der Waals surface area contributed by atoms with Crippen LogP contribution in [0.3, 0.4) is 0 Å². The van der Waals surface area contributed by atoms with E-state index in [-0.39, 0.29) is 0 Å². The van der Waals surface area contributed by atoms with E-state index in [2.05, 4.69) is 11.7 Å². The van der Waals surface area contributed by atoms with Crippen LogP contribution < -0.4 is 5.43 Å². The van der Waals surface area contributed by atoms with Crippen molar-refractivity contribution in [1.82, 2.24) is 5.43 Å². The first kappa shape index (κ1) is 9.68. The molecule has 0 heterocycles. The third-order valence-corrected chi connectivity index (χ3v) is 0.993. The van der Waals surface area contributed by atoms with Crippen LogP contribution in [0.2, 0.25) is 0 Å². The van der Waals surface area contributed by atoms with Gasteiger partial charge in [0, 0.05) is 6.21 Å². The number of rotatable bonds is 5. The summed E-state index contributed by atoms with van der Waals surface area (Å²) in [7, 11) is 0. The minimum atomic E-state index is -1.13. The van der Waals surface area contributed by atoms with Crippen molar-refractivity contribution in [2.75, 3.05) is 0 Å². The Morgan fingerprint density at radius 2 is 2.36 bits per heavy atom. The van der Waals surface area contributed by atoms with E-state index < -0.39 is 6.09 Å². The molecular weight excluding hydrogens is 144 g/mol. The van der Waals surface area contributed by atoms with Crippen molar-refractivity contribution < 1.29 is 9.90 Å². The van der Waals surface area contributed by atoms with E-state index in [9.17, 15) is 4.79 Å². The molecule has 0 saturated heterocycles. The lowest BCUT2D eigenvalue weighted by molar-refractivity contribution is 0.195. The highest BCUT2D eigenvalue weighted by Gasteiger charge is 1.85. The van der Waals surface area contributed by atoms with Crippen LogP contribution in [0.1, 0.15) is 19.3 Å². The number of hydrogen-bond acceptors (Lipinski definition) is 2. The van der Waals surface area contributed by atoms with Gasteiger partial charge in [0.05, 0.1) is 0 Å². The first-order chi connectivity index (χ1) is 5.27. The van der Waals surface area contributed by atoms with Crippen LogP contribution in [0.25, 0.3) is 0 Å². The number of amides is 1. The Hall–Kier alpha value is -1.32. The number of carbonyl (C=O) groups is 1. The van der Waals surface area contributed by atoms with Crippen molar-refractivity contribution >= 4 is 12.3 Å². The van der Waals surface area contributed by atoms with Gasteiger partial charge in [0.1, 0.15) is 0 Å². The molecule has 0 aliphatic heterocycles. The summed E-state index contributed by atoms with van der Waals surface area (Å²) in [6.07, 6.45) is 4.88. The molecule has 0 unspecified atom stereocenters. The highest BCUT2D eigenvalue weighted by Crippen LogP contribution is 1.91. The number of allylic oxidation sites excluding steroid dienone is 1. The zero-order chi connectivity index (χ0) is 8.53. The van der Waals surface area contributed by atoms with Crippen LogP contribution in [0.15, 0.2) is 17.8 Å². The fourth-order valence-corrected chi connectivity index (χ4v) is 0.519. The van der Waals surface area contributed by atoms with E-state index in [0.717, 1.165) is 19.3 Å². The summed E-state index contributed by atoms with van der Waals surface area (Å²) in [5.74, 6) is 0. The Bertz CT molecular complexity index is 155. The van der Waals surface area contributed by atoms with Crippen molar-refractivity contribution in [3.63, 3.8) is 0 Å². The molecule has 0 fully saturated rings. The Labute approximate surface area is 65.6 Å². The first-order valence-electron chi connectivity index (χ1n) is 3.38. The maximum absolute atomic E-state index is 9.85. The predicted octanol–water partition coefficient (Wildman–Crippen LogP) is 1.60. The van der Waals surface area contributed by atoms with Gasteiger partial charge in [-0.05, 0) is 19.3 Å². The summed E-state index contributed by atoms with van der Waals surface area (Å²) in [5.41, 5.74) is 1.88. The molecule has 0 aromatic carbocycles. The highest BCUT2D eigenvalue weighted by molar-refractivity contribution is 5.66. The van der Waals surface area contributed by atoms with Crippen LogP contribution in [0.5, 0.6) is 0 Å². The molecule has 62 valence electrons. The highest BCUT2D eigenvalue weighted by atomic mass is 16.4. The van der Waals surface area contributed by atoms with Gasteiger partial charge in [0.15, 0.2) is 0 Å². The maximum atomic E-state index is 9.85. The number of nitrogens with one attached hydrogen (secondary N) is 1. The minimum Gasteiger partial charge on any atom is -0.464 e. The zero-order valence-electron chi connectivity index (χ0n) is 6.29. The zero-order valence-corrected chi connectivity index (χ0v) is 6.29. The number of hydrogen-bond donors (Lipinski definition) is 2. The van der Waals surface area contributed by atoms with Crippen molar-refractivity contribution in [3.05, 3.63) is 12.7 Å². The number of hydrazone groups is 1. The summed E-state index contributed by atoms with van der Waals surface area (Å²) in [4.78, 5) is 9.85. The van der Waals surface area contributed by atoms with E-state index in [1.54, 1.807) is 0 Å². The van der Waals surface area contributed by atoms with E-state index in [1.165, 1.54) is 6.21 Å². The molecule has 0 radical (unpaired) electrons. The molecular formula is C7H12N2O2. The maximum Gasteiger partial charge on any atom is 0.425 e. The Morgan fingerprint density at radius 1 is 1.64 bits per heavy atom. The second-order valence-electron chi connectivity index (χ2n) is 1.95. The standard InChI is InChI=1S/C7H12N2O2/c1-2-3-4-5-6-8-9-7(10)11/h2,6,9H,1,3-5H2,(H,10,11)/b8-6-. The van der Waals surface area contributed by atoms with Gasteiger partial charge in [-0.3, -0.25) is 0 Å². The van der Waals surface area contributed by atoms with E-state index >= 15 is 0 Å². The van der Waals surface area contributed by atoms with Crippen LogP contribution in [-0.2, 0) is 0 Å². The molecule has 11 heavy (non-hydrogen) atoms. The number of unbranched alkanes of at least 4 members (excludes halogenated alkanes) is 2. The molecule has 0 aromatic heterocycles. The fourth-order valence-electron chi connectivity index (χ4n) is 0.519. The lowest BCUT2D eigenvalue weighted by atomic mass is 10.2. The van der Waals surface area contributed by atoms with Gasteiger partial charge in [0.25, 0.3) is 0 Å². The molecule has 0 aromatic rings. The van der Waals surface area contributed by atoms with E-state index in [0.29, 0.717) is 0 Å². The van der Waals surface area contributed by atoms with Gasteiger partial charge in [-0.15, -0.1) is 6.58 Å². The van der Waals surface area contributed by atoms with Gasteiger partial charge >= 0.3 is 6.09 Å². The summed E-state index contributed by atoms with van der Waals surface area (Å²) in [5, 5.41) is 11.5. The number of nitrogens with zero attached hydrogens (tertiary/aromatic N) is 1. The average Bonchev–Trinajstić information content (AvgIpc) is 1.96. The van der Waals surface area contributed by atoms with Crippen molar-refractivity contribution in [2.45, 2.75) is 19.3 Å². The quantitative estimate of drug-likeness (QED) is 0.275. The van der Waals surface area contributed by atoms with Gasteiger partial charge in [-0.1, -0.05) is 6.08 Å². The molecule has 0 bridgehead atoms. The van der Waals surface area contributed by atoms with E-state index in [1.807, 2.05) is 11.5 Å². The summed E-state index contributed by atoms with van der Waals surface area (Å²) < 4.78 is 0. The largest absolute Gasteiger partial charge is 0.464 e. The molecule has 0 rings (SSSR count). The number of carboxylic acid groups (broad SMARTS) is 1. The summed E-state index contributed by atoms with van der Waals surface area (Å²) in [6, 6.07) is 0. The molecule has 0 aliphatic carbocycles. The molecule has 1 amide bonds. The molecule has 0 atom stereocenters. The second-order valence-corrected chi connectivity index (χ2v) is 1.95. The van der Waals surface area contributed by atoms with Gasteiger partial charge in [-0.2, -0.15) is 5.10 Å². The van der Waals surface area contributed by atoms with E-state index in [4.69, 9.17) is 5.11 Å². The van der Waals surface area contributed by atoms with Crippen LogP contribution >= 0.6 is 0 Å². The second kappa shape index (κ2) is 6.80. The van der Waals surface area contributed by atoms with Gasteiger partial charge in [-0.25, -0.2) is 10.2 Å². The van der Waals surface area contributed by atoms with Gasteiger partial charge in [0.2, 0.25) is 0 Å². The molecule has 2 N–H and O–H groups in total. The van der Waals surface area contributed by atoms with Crippen LogP contribution in [0, 0.1) is 0 Å². The molecule has 0 aliphatic rings. The fraction of sp³-hybridized carbons (Fsp3) is 0.429. The molecule has 0 saturated carbocycles. The Kier molecular flexibility index (Phi) is 5.98. The lowest BCUT2D eigenvalue weighted by Gasteiger charge is -1.89. The van der Waals surface area contributed by atoms with Crippen molar-refractivity contribution in [3.8, 4) is 0 Å². The minimum absolute atomic E-state index is 0.770. The van der Waals surface area contributed by atoms with Gasteiger partial charge < -0.3 is 5.11 Å². The third-order valence-electron chi connectivity index (χ3n) is 0.993. The predicted molar refractivity (Wildman–Crippen MR) is 43.7 cm³/mol. The van der Waals surface area contributed by atoms with Crippen LogP contribution in [0.4, 0.5) is 4.79 Å². The monoisotopic (exact) mass is 156 g/mol. The summed E-state index contributed by atoms with van der Waals surface area (Å²) >= 11 is 0. The topological polar surface area (TPSA) is 61.7 Å². The average molecular weight is 156 g/mol. The lowest BCUT2D eigenvalue weighted by Crippen LogP contribution is -2.13. The molecule has 4 heteroatoms. The third kappa shape index (κ3) is 8.68. The molecule has 0 spiro atoms. The van der Waals surface area contributed by atoms with Crippen LogP contribution in [-0.4, -0.2) is 17.4 Å². The van der Waals surface area contributed by atoms with Crippen molar-refractivity contribution in [1.29, 1.82) is 0 Å². The smallest absolute Gasteiger partial charge is 0.425 e. The molecule has 4 nitrogen and oxygen atoms in total. The SMILES string of the molecule is C=CCCC/C=N\NC(=O)O. The summed E-state index contributed by atoms with van der Waals surface area (Å²) in [6.45, 7) is 3.55. The first-order valence-corrected chi connectivity index (χ1v) is 3.38. The normalized spacial score (nSPS) is 9.82.